The van der Waals surface area contributed by atoms with Gasteiger partial charge >= 0.3 is 11.9 Å². The van der Waals surface area contributed by atoms with Crippen molar-refractivity contribution in [2.75, 3.05) is 39.9 Å². The lowest BCUT2D eigenvalue weighted by atomic mass is 9.54. The van der Waals surface area contributed by atoms with E-state index in [0.717, 1.165) is 53.2 Å². The van der Waals surface area contributed by atoms with Crippen LogP contribution in [0.3, 0.4) is 0 Å². The molecule has 1 unspecified atom stereocenters. The number of imidazole rings is 1. The maximum Gasteiger partial charge on any atom is 0.418 e. The van der Waals surface area contributed by atoms with Crippen LogP contribution in [0.25, 0.3) is 11.2 Å². The lowest BCUT2D eigenvalue weighted by Crippen LogP contribution is -2.63. The molecule has 7 nitrogen and oxygen atoms in total. The largest absolute Gasteiger partial charge is 0.418 e. The van der Waals surface area contributed by atoms with Gasteiger partial charge in [-0.3, -0.25) is 13.9 Å². The van der Waals surface area contributed by atoms with Gasteiger partial charge in [-0.15, -0.1) is 5.43 Å². The van der Waals surface area contributed by atoms with Crippen LogP contribution in [-0.2, 0) is 18.1 Å². The lowest BCUT2D eigenvalue weighted by Gasteiger charge is -2.53. The Morgan fingerprint density at radius 3 is 2.34 bits per heavy atom. The summed E-state index contributed by atoms with van der Waals surface area (Å²) in [4.78, 5) is 18.4. The van der Waals surface area contributed by atoms with Crippen molar-refractivity contribution < 1.29 is 22.2 Å². The summed E-state index contributed by atoms with van der Waals surface area (Å²) in [6, 6.07) is 9.14. The molecular weight excluding hydrogens is 608 g/mol. The Labute approximate surface area is 273 Å². The van der Waals surface area contributed by atoms with Crippen LogP contribution in [-0.4, -0.2) is 75.1 Å². The minimum atomic E-state index is -4.64. The van der Waals surface area contributed by atoms with Gasteiger partial charge < -0.3 is 0 Å². The van der Waals surface area contributed by atoms with Crippen molar-refractivity contribution in [3.8, 4) is 5.69 Å². The number of alkyl halides is 4. The number of rotatable bonds is 5. The van der Waals surface area contributed by atoms with Crippen LogP contribution in [0.1, 0.15) is 87.8 Å². The zero-order valence-electron chi connectivity index (χ0n) is 27.6. The molecule has 3 aliphatic heterocycles. The van der Waals surface area contributed by atoms with E-state index in [1.54, 1.807) is 6.92 Å². The summed E-state index contributed by atoms with van der Waals surface area (Å²) in [6.07, 6.45) is 8.73. The van der Waals surface area contributed by atoms with Crippen LogP contribution < -0.4 is 11.1 Å². The molecule has 5 heterocycles. The molecule has 2 spiro atoms. The normalized spacial score (nSPS) is 26.9. The van der Waals surface area contributed by atoms with E-state index in [0.29, 0.717) is 42.6 Å². The van der Waals surface area contributed by atoms with E-state index in [1.807, 2.05) is 23.1 Å². The minimum absolute atomic E-state index is 0.132. The van der Waals surface area contributed by atoms with Crippen LogP contribution in [0.15, 0.2) is 47.5 Å². The van der Waals surface area contributed by atoms with Crippen molar-refractivity contribution in [1.29, 1.82) is 0 Å². The van der Waals surface area contributed by atoms with E-state index >= 15 is 0 Å². The van der Waals surface area contributed by atoms with E-state index in [2.05, 4.69) is 23.4 Å². The van der Waals surface area contributed by atoms with Crippen LogP contribution in [0, 0.1) is 5.41 Å². The molecule has 254 valence electrons. The number of nitrogens with one attached hydrogen (secondary N) is 1. The predicted octanol–water partition coefficient (Wildman–Crippen LogP) is 6.37. The highest BCUT2D eigenvalue weighted by Crippen LogP contribution is 2.70. The van der Waals surface area contributed by atoms with Crippen molar-refractivity contribution in [3.05, 3.63) is 69.9 Å². The summed E-state index contributed by atoms with van der Waals surface area (Å²) < 4.78 is 61.2. The van der Waals surface area contributed by atoms with Crippen molar-refractivity contribution in [2.45, 2.75) is 101 Å². The van der Waals surface area contributed by atoms with Gasteiger partial charge in [0, 0.05) is 37.4 Å². The number of fused-ring (bicyclic) bond motifs is 1. The van der Waals surface area contributed by atoms with E-state index in [9.17, 15) is 22.4 Å². The molecule has 2 aromatic heterocycles. The minimum Gasteiger partial charge on any atom is -0.299 e. The second kappa shape index (κ2) is 10.9. The van der Waals surface area contributed by atoms with Gasteiger partial charge in [-0.1, -0.05) is 12.1 Å². The molecule has 2 saturated carbocycles. The Bertz CT molecular complexity index is 1710. The average Bonchev–Trinajstić information content (AvgIpc) is 3.70. The molecule has 8 rings (SSSR count). The van der Waals surface area contributed by atoms with Crippen molar-refractivity contribution in [2.24, 2.45) is 5.41 Å². The second-order valence-electron chi connectivity index (χ2n) is 16.0. The van der Waals surface area contributed by atoms with Gasteiger partial charge in [-0.05, 0) is 113 Å². The summed E-state index contributed by atoms with van der Waals surface area (Å²) in [5.41, 5.74) is 3.74. The number of benzene rings is 1. The van der Waals surface area contributed by atoms with Gasteiger partial charge in [-0.2, -0.15) is 13.2 Å². The van der Waals surface area contributed by atoms with E-state index in [4.69, 9.17) is 0 Å². The van der Waals surface area contributed by atoms with Crippen LogP contribution in [0.5, 0.6) is 0 Å². The first kappa shape index (κ1) is 31.5. The SMILES string of the molecule is CN1C[N+]2(CCCCCC2)NC1C1(c2cccc(-n3cc4c(C(F)(F)F)cc(CN5CCC(C)(F)CC5)cn4c3=O)c2)CC2(CC2)C1. The highest BCUT2D eigenvalue weighted by molar-refractivity contribution is 5.58. The number of piperidine rings is 1. The van der Waals surface area contributed by atoms with Crippen LogP contribution in [0.2, 0.25) is 0 Å². The number of nitrogens with zero attached hydrogens (tertiary/aromatic N) is 5. The third-order valence-corrected chi connectivity index (χ3v) is 12.2. The summed E-state index contributed by atoms with van der Waals surface area (Å²) in [5, 5.41) is 0. The molecule has 11 heteroatoms. The van der Waals surface area contributed by atoms with Crippen LogP contribution >= 0.6 is 0 Å². The first-order chi connectivity index (χ1) is 22.3. The summed E-state index contributed by atoms with van der Waals surface area (Å²) in [7, 11) is 2.22. The molecule has 1 atom stereocenters. The van der Waals surface area contributed by atoms with Crippen molar-refractivity contribution in [1.82, 2.24) is 24.2 Å². The zero-order valence-corrected chi connectivity index (χ0v) is 27.6. The fourth-order valence-corrected chi connectivity index (χ4v) is 9.53. The molecule has 5 aliphatic rings. The predicted molar refractivity (Wildman–Crippen MR) is 173 cm³/mol. The first-order valence-corrected chi connectivity index (χ1v) is 17.5. The fraction of sp³-hybridized carbons (Fsp3) is 0.639. The lowest BCUT2D eigenvalue weighted by molar-refractivity contribution is -0.962. The molecule has 0 radical (unpaired) electrons. The quantitative estimate of drug-likeness (QED) is 0.257. The smallest absolute Gasteiger partial charge is 0.299 e. The number of likely N-dealkylation sites (N-methyl/N-ethyl adjacent to an activating group) is 1. The molecule has 1 N–H and O–H groups in total. The molecule has 2 aliphatic carbocycles. The molecule has 0 bridgehead atoms. The van der Waals surface area contributed by atoms with Gasteiger partial charge in [0.1, 0.15) is 11.8 Å². The number of likely N-dealkylation sites (tertiary alicyclic amines) is 1. The Balaban J connectivity index is 1.15. The molecule has 0 amide bonds. The number of hydrogen-bond acceptors (Lipinski definition) is 4. The number of hydrogen-bond donors (Lipinski definition) is 1. The standard InChI is InChI=1S/C36H47F4N6O/c1-33(37)12-14-43(15-13-33)20-26-18-29(36(38,39)40)30-22-44(32(47)45(30)21-26)28-9-7-8-27(19-28)35(23-34(24-35)10-11-34)31-41-46(25-42(31)2)16-5-3-4-6-17-46/h7-9,18-19,21-22,31,41H,3-6,10-17,20,23-25H2,1-2H3/q+1. The number of halogens is 4. The van der Waals surface area contributed by atoms with Gasteiger partial charge in [0.2, 0.25) is 0 Å². The van der Waals surface area contributed by atoms with E-state index < -0.39 is 23.1 Å². The number of quaternary nitrogens is 1. The fourth-order valence-electron chi connectivity index (χ4n) is 9.53. The third-order valence-electron chi connectivity index (χ3n) is 12.2. The monoisotopic (exact) mass is 655 g/mol. The summed E-state index contributed by atoms with van der Waals surface area (Å²) >= 11 is 0. The first-order valence-electron chi connectivity index (χ1n) is 17.5. The molecular formula is C36H47F4N6O+. The van der Waals surface area contributed by atoms with Crippen LogP contribution in [0.4, 0.5) is 17.6 Å². The average molecular weight is 656 g/mol. The Morgan fingerprint density at radius 1 is 0.979 bits per heavy atom. The van der Waals surface area contributed by atoms with Gasteiger partial charge in [0.15, 0.2) is 6.67 Å². The highest BCUT2D eigenvalue weighted by Gasteiger charge is 2.67. The molecule has 5 fully saturated rings. The van der Waals surface area contributed by atoms with Gasteiger partial charge in [0.05, 0.1) is 29.9 Å². The van der Waals surface area contributed by atoms with E-state index in [1.165, 1.54) is 55.5 Å². The maximum atomic E-state index is 14.5. The number of pyridine rings is 1. The molecule has 1 aromatic carbocycles. The Morgan fingerprint density at radius 2 is 1.68 bits per heavy atom. The van der Waals surface area contributed by atoms with Gasteiger partial charge in [0.25, 0.3) is 0 Å². The number of aromatic nitrogens is 2. The van der Waals surface area contributed by atoms with Gasteiger partial charge in [-0.25, -0.2) is 18.7 Å². The molecule has 3 saturated heterocycles. The second-order valence-corrected chi connectivity index (χ2v) is 16.0. The summed E-state index contributed by atoms with van der Waals surface area (Å²) in [5.74, 6) is 0. The Hall–Kier alpha value is -2.73. The maximum absolute atomic E-state index is 14.5. The zero-order chi connectivity index (χ0) is 32.8. The highest BCUT2D eigenvalue weighted by atomic mass is 19.4. The topological polar surface area (TPSA) is 44.9 Å². The third kappa shape index (κ3) is 5.55. The van der Waals surface area contributed by atoms with Crippen molar-refractivity contribution >= 4 is 5.52 Å². The molecule has 47 heavy (non-hydrogen) atoms. The Kier molecular flexibility index (Phi) is 7.30. The molecule has 3 aromatic rings. The van der Waals surface area contributed by atoms with Crippen molar-refractivity contribution in [3.63, 3.8) is 0 Å². The van der Waals surface area contributed by atoms with E-state index in [-0.39, 0.29) is 23.6 Å². The summed E-state index contributed by atoms with van der Waals surface area (Å²) in [6.45, 7) is 5.95.